The van der Waals surface area contributed by atoms with Crippen LogP contribution in [-0.4, -0.2) is 52.3 Å². The van der Waals surface area contributed by atoms with Gasteiger partial charge in [-0.2, -0.15) is 0 Å². The monoisotopic (exact) mass is 512 g/mol. The lowest BCUT2D eigenvalue weighted by Crippen LogP contribution is -2.47. The molecule has 7 rings (SSSR count). The summed E-state index contributed by atoms with van der Waals surface area (Å²) >= 11 is 0. The molecule has 4 aliphatic rings. The topological polar surface area (TPSA) is 95.0 Å². The molecule has 9 heteroatoms. The van der Waals surface area contributed by atoms with Gasteiger partial charge in [-0.1, -0.05) is 25.1 Å². The Hall–Kier alpha value is -4.24. The maximum absolute atomic E-state index is 13.4. The quantitative estimate of drug-likeness (QED) is 0.511. The molecule has 2 aromatic carbocycles. The Labute approximate surface area is 218 Å². The zero-order valence-electron chi connectivity index (χ0n) is 20.8. The summed E-state index contributed by atoms with van der Waals surface area (Å²) < 4.78 is 18.7. The number of nitrogens with one attached hydrogen (secondary N) is 1. The Morgan fingerprint density at radius 2 is 1.97 bits per heavy atom. The Bertz CT molecular complexity index is 1610. The molecule has 0 spiro atoms. The summed E-state index contributed by atoms with van der Waals surface area (Å²) in [4.78, 5) is 34.8. The van der Waals surface area contributed by atoms with E-state index in [1.807, 2.05) is 24.3 Å². The molecule has 0 saturated carbocycles. The van der Waals surface area contributed by atoms with E-state index in [0.29, 0.717) is 37.3 Å². The van der Waals surface area contributed by atoms with Crippen LogP contribution in [0.25, 0.3) is 16.6 Å². The Kier molecular flexibility index (Phi) is 4.90. The molecule has 3 aromatic rings. The zero-order chi connectivity index (χ0) is 26.2. The number of ether oxygens (including phenoxy) is 1. The molecule has 0 saturated heterocycles. The number of amides is 2. The van der Waals surface area contributed by atoms with Crippen LogP contribution in [0.3, 0.4) is 0 Å². The van der Waals surface area contributed by atoms with Crippen LogP contribution in [0.2, 0.25) is 0 Å². The minimum atomic E-state index is -1.69. The first-order chi connectivity index (χ1) is 18.4. The van der Waals surface area contributed by atoms with E-state index in [-0.39, 0.29) is 24.9 Å². The van der Waals surface area contributed by atoms with Gasteiger partial charge in [0.15, 0.2) is 5.60 Å². The van der Waals surface area contributed by atoms with Gasteiger partial charge in [-0.3, -0.25) is 4.90 Å². The lowest BCUT2D eigenvalue weighted by atomic mass is 9.83. The van der Waals surface area contributed by atoms with E-state index in [1.54, 1.807) is 24.0 Å². The van der Waals surface area contributed by atoms with E-state index in [2.05, 4.69) is 10.2 Å². The first-order valence-corrected chi connectivity index (χ1v) is 12.7. The summed E-state index contributed by atoms with van der Waals surface area (Å²) in [5.74, 6) is -0.924. The number of fused-ring (bicyclic) bond motifs is 4. The van der Waals surface area contributed by atoms with Gasteiger partial charge in [-0.05, 0) is 54.3 Å². The number of urea groups is 1. The van der Waals surface area contributed by atoms with E-state index in [9.17, 15) is 19.1 Å². The number of anilines is 2. The van der Waals surface area contributed by atoms with E-state index in [4.69, 9.17) is 9.72 Å². The molecule has 0 fully saturated rings. The molecule has 1 aromatic heterocycles. The Morgan fingerprint density at radius 3 is 2.76 bits per heavy atom. The van der Waals surface area contributed by atoms with Gasteiger partial charge >= 0.3 is 12.0 Å². The van der Waals surface area contributed by atoms with Crippen LogP contribution in [-0.2, 0) is 22.5 Å². The second-order valence-corrected chi connectivity index (χ2v) is 10.1. The van der Waals surface area contributed by atoms with Crippen molar-refractivity contribution < 1.29 is 23.8 Å². The number of esters is 1. The second-order valence-electron chi connectivity index (χ2n) is 10.1. The van der Waals surface area contributed by atoms with Crippen molar-refractivity contribution in [3.8, 4) is 0 Å². The van der Waals surface area contributed by atoms with E-state index >= 15 is 0 Å². The van der Waals surface area contributed by atoms with Crippen molar-refractivity contribution in [1.82, 2.24) is 9.88 Å². The van der Waals surface area contributed by atoms with Gasteiger partial charge in [0.2, 0.25) is 0 Å². The normalized spacial score (nSPS) is 21.6. The molecule has 5 heterocycles. The van der Waals surface area contributed by atoms with Crippen LogP contribution in [0.1, 0.15) is 30.2 Å². The van der Waals surface area contributed by atoms with Crippen molar-refractivity contribution in [2.24, 2.45) is 0 Å². The summed E-state index contributed by atoms with van der Waals surface area (Å²) in [7, 11) is 0. The molecule has 192 valence electrons. The maximum atomic E-state index is 13.4. The van der Waals surface area contributed by atoms with Crippen LogP contribution >= 0.6 is 0 Å². The first kappa shape index (κ1) is 22.9. The summed E-state index contributed by atoms with van der Waals surface area (Å²) in [6.07, 6.45) is 2.63. The fourth-order valence-electron chi connectivity index (χ4n) is 6.02. The Morgan fingerprint density at radius 1 is 1.16 bits per heavy atom. The third kappa shape index (κ3) is 3.21. The van der Waals surface area contributed by atoms with Crippen LogP contribution < -0.4 is 10.2 Å². The predicted octanol–water partition coefficient (Wildman–Crippen LogP) is 4.13. The SMILES string of the molecule is CC[C@@]1(O)C(=O)OCC2=C1C=C1c3nc4cccc5c4c(c3CN1C2)N(CCc1ccc(F)cc1)C(=O)N5. The summed E-state index contributed by atoms with van der Waals surface area (Å²) in [5, 5.41) is 15.1. The number of nitrogens with zero attached hydrogens (tertiary/aromatic N) is 3. The van der Waals surface area contributed by atoms with Crippen LogP contribution in [0.4, 0.5) is 20.6 Å². The number of pyridine rings is 1. The summed E-state index contributed by atoms with van der Waals surface area (Å²) in [5.41, 5.74) is 5.49. The number of hydrogen-bond donors (Lipinski definition) is 2. The van der Waals surface area contributed by atoms with Crippen LogP contribution in [0, 0.1) is 5.82 Å². The molecule has 2 amide bonds. The van der Waals surface area contributed by atoms with Gasteiger partial charge < -0.3 is 20.1 Å². The van der Waals surface area contributed by atoms with Crippen molar-refractivity contribution >= 4 is 40.0 Å². The third-order valence-corrected chi connectivity index (χ3v) is 8.03. The molecule has 8 nitrogen and oxygen atoms in total. The van der Waals surface area contributed by atoms with Crippen molar-refractivity contribution in [3.05, 3.63) is 82.3 Å². The second kappa shape index (κ2) is 8.13. The number of rotatable bonds is 4. The van der Waals surface area contributed by atoms with E-state index in [0.717, 1.165) is 44.7 Å². The van der Waals surface area contributed by atoms with E-state index in [1.165, 1.54) is 12.1 Å². The predicted molar refractivity (Wildman–Crippen MR) is 140 cm³/mol. The van der Waals surface area contributed by atoms with Gasteiger partial charge in [0.1, 0.15) is 12.4 Å². The molecule has 0 unspecified atom stereocenters. The Balaban J connectivity index is 1.36. The lowest BCUT2D eigenvalue weighted by molar-refractivity contribution is -0.163. The minimum Gasteiger partial charge on any atom is -0.459 e. The van der Waals surface area contributed by atoms with Crippen molar-refractivity contribution in [2.45, 2.75) is 31.9 Å². The minimum absolute atomic E-state index is 0.145. The number of aliphatic hydroxyl groups is 1. The molecule has 2 N–H and O–H groups in total. The molecule has 0 bridgehead atoms. The third-order valence-electron chi connectivity index (χ3n) is 8.03. The van der Waals surface area contributed by atoms with Gasteiger partial charge in [0, 0.05) is 36.2 Å². The van der Waals surface area contributed by atoms with Crippen molar-refractivity contribution in [3.63, 3.8) is 0 Å². The highest BCUT2D eigenvalue weighted by Gasteiger charge is 2.47. The summed E-state index contributed by atoms with van der Waals surface area (Å²) in [6.45, 7) is 3.34. The number of halogens is 1. The maximum Gasteiger partial charge on any atom is 0.343 e. The molecule has 0 radical (unpaired) electrons. The van der Waals surface area contributed by atoms with Crippen molar-refractivity contribution in [1.29, 1.82) is 0 Å². The fourth-order valence-corrected chi connectivity index (χ4v) is 6.02. The average molecular weight is 513 g/mol. The number of benzene rings is 2. The van der Waals surface area contributed by atoms with Crippen molar-refractivity contribution in [2.75, 3.05) is 29.9 Å². The number of carbonyl (C=O) groups is 2. The highest BCUT2D eigenvalue weighted by Crippen LogP contribution is 2.48. The first-order valence-electron chi connectivity index (χ1n) is 12.7. The zero-order valence-corrected chi connectivity index (χ0v) is 20.8. The number of cyclic esters (lactones) is 1. The summed E-state index contributed by atoms with van der Waals surface area (Å²) in [6, 6.07) is 11.8. The molecule has 4 aliphatic heterocycles. The molecule has 1 atom stereocenters. The average Bonchev–Trinajstić information content (AvgIpc) is 3.28. The molecular weight excluding hydrogens is 487 g/mol. The number of hydrogen-bond acceptors (Lipinski definition) is 6. The van der Waals surface area contributed by atoms with Gasteiger partial charge in [0.05, 0.1) is 28.3 Å². The molecule has 0 aliphatic carbocycles. The number of aromatic nitrogens is 1. The van der Waals surface area contributed by atoms with Crippen LogP contribution in [0.5, 0.6) is 0 Å². The largest absolute Gasteiger partial charge is 0.459 e. The molecule has 38 heavy (non-hydrogen) atoms. The van der Waals surface area contributed by atoms with Gasteiger partial charge in [-0.25, -0.2) is 19.0 Å². The standard InChI is InChI=1S/C29H25FN4O4/c1-2-29(37)20-12-23-25-19(14-33(23)13-17(20)15-38-27(29)35)26-24-21(31-25)4-3-5-22(24)32-28(36)34(26)11-10-16-6-8-18(30)9-7-16/h3-9,12,37H,2,10-11,13-15H2,1H3,(H,32,36)/t29-/m0/s1. The highest BCUT2D eigenvalue weighted by atomic mass is 19.1. The highest BCUT2D eigenvalue weighted by molar-refractivity contribution is 6.19. The van der Waals surface area contributed by atoms with Gasteiger partial charge in [0.25, 0.3) is 0 Å². The fraction of sp³-hybridized carbons (Fsp3) is 0.276. The molecular formula is C29H25FN4O4. The lowest BCUT2D eigenvalue weighted by Gasteiger charge is -2.37. The van der Waals surface area contributed by atoms with Crippen LogP contribution in [0.15, 0.2) is 59.7 Å². The smallest absolute Gasteiger partial charge is 0.343 e. The van der Waals surface area contributed by atoms with E-state index < -0.39 is 11.6 Å². The number of carbonyl (C=O) groups excluding carboxylic acids is 2. The van der Waals surface area contributed by atoms with Gasteiger partial charge in [-0.15, -0.1) is 0 Å².